The number of pyridine rings is 1. The van der Waals surface area contributed by atoms with Crippen molar-refractivity contribution in [1.82, 2.24) is 15.6 Å². The van der Waals surface area contributed by atoms with Crippen molar-refractivity contribution in [3.8, 4) is 0 Å². The highest BCUT2D eigenvalue weighted by molar-refractivity contribution is 14.0. The van der Waals surface area contributed by atoms with Gasteiger partial charge in [0.15, 0.2) is 5.96 Å². The molecule has 9 heteroatoms. The van der Waals surface area contributed by atoms with E-state index in [9.17, 15) is 0 Å². The van der Waals surface area contributed by atoms with Crippen molar-refractivity contribution < 1.29 is 4.74 Å². The fraction of sp³-hybridized carbons (Fsp3) is 0.684. The summed E-state index contributed by atoms with van der Waals surface area (Å²) in [5, 5.41) is 7.84. The molecular weight excluding hydrogens is 509 g/mol. The Bertz CT molecular complexity index is 639. The topological polar surface area (TPSA) is 61.8 Å². The zero-order chi connectivity index (χ0) is 19.1. The van der Waals surface area contributed by atoms with Gasteiger partial charge in [-0.25, -0.2) is 4.98 Å². The first kappa shape index (κ1) is 23.8. The van der Waals surface area contributed by atoms with Crippen LogP contribution in [0.3, 0.4) is 0 Å². The summed E-state index contributed by atoms with van der Waals surface area (Å²) in [6, 6.07) is 4.09. The molecule has 2 N–H and O–H groups in total. The number of anilines is 1. The molecular formula is C19H31ClIN5OS. The summed E-state index contributed by atoms with van der Waals surface area (Å²) >= 11 is 8.33. The van der Waals surface area contributed by atoms with Crippen LogP contribution in [0, 0.1) is 0 Å². The fourth-order valence-electron chi connectivity index (χ4n) is 3.74. The lowest BCUT2D eigenvalue weighted by Gasteiger charge is -2.37. The van der Waals surface area contributed by atoms with E-state index in [1.165, 1.54) is 0 Å². The number of aliphatic imine (C=N–C) groups is 1. The number of hydrogen-bond donors (Lipinski definition) is 2. The van der Waals surface area contributed by atoms with Crippen molar-refractivity contribution in [2.45, 2.75) is 37.0 Å². The molecule has 0 aliphatic carbocycles. The molecule has 3 rings (SSSR count). The Morgan fingerprint density at radius 2 is 2.25 bits per heavy atom. The maximum absolute atomic E-state index is 6.29. The Hall–Kier alpha value is -0.450. The Morgan fingerprint density at radius 3 is 2.93 bits per heavy atom. The minimum Gasteiger partial charge on any atom is -0.381 e. The van der Waals surface area contributed by atoms with Gasteiger partial charge in [-0.15, -0.1) is 24.0 Å². The average molecular weight is 540 g/mol. The number of hydrogen-bond acceptors (Lipinski definition) is 5. The van der Waals surface area contributed by atoms with Gasteiger partial charge in [-0.2, -0.15) is 11.8 Å². The number of ether oxygens (including phenoxy) is 1. The second-order valence-electron chi connectivity index (χ2n) is 7.04. The third-order valence-corrected chi connectivity index (χ3v) is 6.97. The maximum atomic E-state index is 6.29. The van der Waals surface area contributed by atoms with Gasteiger partial charge in [0.05, 0.1) is 5.02 Å². The predicted molar refractivity (Wildman–Crippen MR) is 131 cm³/mol. The van der Waals surface area contributed by atoms with Gasteiger partial charge in [-0.1, -0.05) is 18.5 Å². The van der Waals surface area contributed by atoms with Crippen molar-refractivity contribution in [3.05, 3.63) is 23.4 Å². The maximum Gasteiger partial charge on any atom is 0.191 e. The van der Waals surface area contributed by atoms with Crippen molar-refractivity contribution >= 4 is 59.1 Å². The van der Waals surface area contributed by atoms with Gasteiger partial charge in [-0.3, -0.25) is 4.99 Å². The molecule has 0 aromatic carbocycles. The van der Waals surface area contributed by atoms with Crippen molar-refractivity contribution in [2.75, 3.05) is 50.5 Å². The van der Waals surface area contributed by atoms with E-state index in [2.05, 4.69) is 32.4 Å². The molecule has 0 radical (unpaired) electrons. The summed E-state index contributed by atoms with van der Waals surface area (Å²) in [6.07, 6.45) is 5.01. The van der Waals surface area contributed by atoms with Gasteiger partial charge in [0.1, 0.15) is 5.82 Å². The average Bonchev–Trinajstić information content (AvgIpc) is 3.15. The summed E-state index contributed by atoms with van der Waals surface area (Å²) in [5.41, 5.74) is 0. The van der Waals surface area contributed by atoms with Crippen LogP contribution in [-0.2, 0) is 4.74 Å². The lowest BCUT2D eigenvalue weighted by atomic mass is 9.99. The summed E-state index contributed by atoms with van der Waals surface area (Å²) in [5.74, 6) is 2.86. The Balaban J connectivity index is 0.00000280. The normalized spacial score (nSPS) is 21.9. The summed E-state index contributed by atoms with van der Waals surface area (Å²) < 4.78 is 5.81. The first-order valence-electron chi connectivity index (χ1n) is 9.70. The molecule has 1 aromatic rings. The van der Waals surface area contributed by atoms with Gasteiger partial charge in [0.2, 0.25) is 0 Å². The Labute approximate surface area is 194 Å². The van der Waals surface area contributed by atoms with Crippen LogP contribution in [0.2, 0.25) is 5.02 Å². The molecule has 28 heavy (non-hydrogen) atoms. The third-order valence-electron chi connectivity index (χ3n) is 5.22. The van der Waals surface area contributed by atoms with E-state index in [0.717, 1.165) is 69.6 Å². The number of aromatic nitrogens is 1. The molecule has 0 saturated carbocycles. The molecule has 3 heterocycles. The van der Waals surface area contributed by atoms with Crippen LogP contribution in [0.1, 0.15) is 26.2 Å². The molecule has 2 aliphatic rings. The van der Waals surface area contributed by atoms with Crippen molar-refractivity contribution in [2.24, 2.45) is 4.99 Å². The van der Waals surface area contributed by atoms with E-state index in [-0.39, 0.29) is 28.7 Å². The third kappa shape index (κ3) is 6.27. The second kappa shape index (κ2) is 11.7. The van der Waals surface area contributed by atoms with Crippen LogP contribution in [0.25, 0.3) is 0 Å². The molecule has 1 atom stereocenters. The van der Waals surface area contributed by atoms with E-state index < -0.39 is 0 Å². The summed E-state index contributed by atoms with van der Waals surface area (Å²) in [6.45, 7) is 6.66. The number of nitrogens with zero attached hydrogens (tertiary/aromatic N) is 3. The molecule has 158 valence electrons. The SMILES string of the molecule is CCSC1(CNC(=NC)NC2CCN(c3ncccc3Cl)C2)CCOCC1.I. The zero-order valence-corrected chi connectivity index (χ0v) is 20.5. The molecule has 0 spiro atoms. The molecule has 2 fully saturated rings. The zero-order valence-electron chi connectivity index (χ0n) is 16.6. The quantitative estimate of drug-likeness (QED) is 0.328. The second-order valence-corrected chi connectivity index (χ2v) is 9.18. The lowest BCUT2D eigenvalue weighted by molar-refractivity contribution is 0.0782. The molecule has 6 nitrogen and oxygen atoms in total. The minimum atomic E-state index is 0. The van der Waals surface area contributed by atoms with E-state index in [1.54, 1.807) is 6.20 Å². The molecule has 0 amide bonds. The fourth-order valence-corrected chi connectivity index (χ4v) is 5.22. The smallest absolute Gasteiger partial charge is 0.191 e. The van der Waals surface area contributed by atoms with E-state index >= 15 is 0 Å². The molecule has 0 bridgehead atoms. The van der Waals surface area contributed by atoms with E-state index in [4.69, 9.17) is 16.3 Å². The summed E-state index contributed by atoms with van der Waals surface area (Å²) in [7, 11) is 1.83. The van der Waals surface area contributed by atoms with E-state index in [1.807, 2.05) is 30.9 Å². The minimum absolute atomic E-state index is 0. The first-order valence-corrected chi connectivity index (χ1v) is 11.1. The molecule has 1 aromatic heterocycles. The van der Waals surface area contributed by atoms with Gasteiger partial charge in [0, 0.05) is 56.9 Å². The standard InChI is InChI=1S/C19H30ClN5OS.HI/c1-3-27-19(7-11-26-12-8-19)14-23-18(21-2)24-15-6-10-25(13-15)17-16(20)5-4-9-22-17;/h4-5,9,15H,3,6-8,10-14H2,1-2H3,(H2,21,23,24);1H. The number of thioether (sulfide) groups is 1. The molecule has 2 saturated heterocycles. The largest absolute Gasteiger partial charge is 0.381 e. The highest BCUT2D eigenvalue weighted by Crippen LogP contribution is 2.34. The number of guanidine groups is 1. The van der Waals surface area contributed by atoms with Crippen LogP contribution in [0.5, 0.6) is 0 Å². The monoisotopic (exact) mass is 539 g/mol. The lowest BCUT2D eigenvalue weighted by Crippen LogP contribution is -2.50. The van der Waals surface area contributed by atoms with Crippen LogP contribution >= 0.6 is 47.3 Å². The summed E-state index contributed by atoms with van der Waals surface area (Å²) in [4.78, 5) is 11.1. The Kier molecular flexibility index (Phi) is 9.92. The highest BCUT2D eigenvalue weighted by atomic mass is 127. The van der Waals surface area contributed by atoms with Gasteiger partial charge >= 0.3 is 0 Å². The van der Waals surface area contributed by atoms with Crippen LogP contribution < -0.4 is 15.5 Å². The number of rotatable bonds is 6. The predicted octanol–water partition coefficient (Wildman–Crippen LogP) is 3.40. The van der Waals surface area contributed by atoms with Crippen molar-refractivity contribution in [1.29, 1.82) is 0 Å². The van der Waals surface area contributed by atoms with Gasteiger partial charge in [0.25, 0.3) is 0 Å². The van der Waals surface area contributed by atoms with Crippen LogP contribution in [-0.4, -0.2) is 67.4 Å². The van der Waals surface area contributed by atoms with Crippen LogP contribution in [0.15, 0.2) is 23.3 Å². The van der Waals surface area contributed by atoms with Crippen molar-refractivity contribution in [3.63, 3.8) is 0 Å². The van der Waals surface area contributed by atoms with E-state index in [0.29, 0.717) is 11.1 Å². The Morgan fingerprint density at radius 1 is 1.46 bits per heavy atom. The molecule has 1 unspecified atom stereocenters. The molecule has 2 aliphatic heterocycles. The highest BCUT2D eigenvalue weighted by Gasteiger charge is 2.33. The van der Waals surface area contributed by atoms with Gasteiger partial charge < -0.3 is 20.3 Å². The first-order chi connectivity index (χ1) is 13.2. The van der Waals surface area contributed by atoms with Gasteiger partial charge in [-0.05, 0) is 37.1 Å². The number of halogens is 2. The number of nitrogens with one attached hydrogen (secondary N) is 2. The van der Waals surface area contributed by atoms with Crippen LogP contribution in [0.4, 0.5) is 5.82 Å².